The molecule has 3 aromatic heterocycles. The van der Waals surface area contributed by atoms with E-state index < -0.39 is 0 Å². The quantitative estimate of drug-likeness (QED) is 0.660. The molecule has 0 radical (unpaired) electrons. The smallest absolute Gasteiger partial charge is 0.114 e. The predicted molar refractivity (Wildman–Crippen MR) is 83.1 cm³/mol. The molecule has 98 valence electrons. The van der Waals surface area contributed by atoms with E-state index in [4.69, 9.17) is 0 Å². The second-order valence-corrected chi connectivity index (χ2v) is 5.19. The standard InChI is InChI=1S/C16H12BrN3/c1-11-14(12-2-6-18-7-3-12)10-20-16(17)15(11)13-4-8-19-9-5-13/h2-10H,1H3. The molecular weight excluding hydrogens is 314 g/mol. The van der Waals surface area contributed by atoms with Gasteiger partial charge in [0.25, 0.3) is 0 Å². The lowest BCUT2D eigenvalue weighted by Crippen LogP contribution is -1.93. The van der Waals surface area contributed by atoms with Crippen molar-refractivity contribution in [3.05, 3.63) is 65.4 Å². The van der Waals surface area contributed by atoms with Crippen LogP contribution in [0.4, 0.5) is 0 Å². The van der Waals surface area contributed by atoms with Crippen molar-refractivity contribution in [3.63, 3.8) is 0 Å². The SMILES string of the molecule is Cc1c(-c2ccncc2)cnc(Br)c1-c1ccncc1. The summed E-state index contributed by atoms with van der Waals surface area (Å²) in [6.45, 7) is 2.11. The predicted octanol–water partition coefficient (Wildman–Crippen LogP) is 4.28. The molecule has 0 bridgehead atoms. The van der Waals surface area contributed by atoms with Gasteiger partial charge in [-0.15, -0.1) is 0 Å². The largest absolute Gasteiger partial charge is 0.265 e. The summed E-state index contributed by atoms with van der Waals surface area (Å²) >= 11 is 3.55. The second kappa shape index (κ2) is 5.51. The van der Waals surface area contributed by atoms with Crippen LogP contribution >= 0.6 is 15.9 Å². The van der Waals surface area contributed by atoms with E-state index in [9.17, 15) is 0 Å². The van der Waals surface area contributed by atoms with Crippen molar-refractivity contribution < 1.29 is 0 Å². The van der Waals surface area contributed by atoms with E-state index in [-0.39, 0.29) is 0 Å². The Morgan fingerprint density at radius 2 is 1.40 bits per heavy atom. The first-order valence-electron chi connectivity index (χ1n) is 6.23. The van der Waals surface area contributed by atoms with Gasteiger partial charge in [0, 0.05) is 42.1 Å². The number of rotatable bonds is 2. The Bertz CT molecular complexity index is 727. The van der Waals surface area contributed by atoms with Gasteiger partial charge in [-0.2, -0.15) is 0 Å². The van der Waals surface area contributed by atoms with Crippen molar-refractivity contribution >= 4 is 15.9 Å². The van der Waals surface area contributed by atoms with Crippen molar-refractivity contribution in [2.24, 2.45) is 0 Å². The zero-order chi connectivity index (χ0) is 13.9. The minimum atomic E-state index is 0.846. The van der Waals surface area contributed by atoms with Gasteiger partial charge in [-0.25, -0.2) is 4.98 Å². The van der Waals surface area contributed by atoms with Gasteiger partial charge >= 0.3 is 0 Å². The molecule has 0 atom stereocenters. The molecular formula is C16H12BrN3. The summed E-state index contributed by atoms with van der Waals surface area (Å²) in [5.41, 5.74) is 5.62. The molecule has 0 aliphatic heterocycles. The van der Waals surface area contributed by atoms with Crippen molar-refractivity contribution in [1.82, 2.24) is 15.0 Å². The Kier molecular flexibility index (Phi) is 3.56. The van der Waals surface area contributed by atoms with Crippen LogP contribution in [0.3, 0.4) is 0 Å². The fraction of sp³-hybridized carbons (Fsp3) is 0.0625. The zero-order valence-electron chi connectivity index (χ0n) is 10.9. The van der Waals surface area contributed by atoms with Gasteiger partial charge in [-0.1, -0.05) is 0 Å². The van der Waals surface area contributed by atoms with Crippen molar-refractivity contribution in [2.45, 2.75) is 6.92 Å². The summed E-state index contributed by atoms with van der Waals surface area (Å²) in [6, 6.07) is 7.97. The number of halogens is 1. The van der Waals surface area contributed by atoms with Gasteiger partial charge in [-0.05, 0) is 63.8 Å². The van der Waals surface area contributed by atoms with E-state index in [1.54, 1.807) is 24.8 Å². The Labute approximate surface area is 125 Å². The summed E-state index contributed by atoms with van der Waals surface area (Å²) in [6.07, 6.45) is 9.06. The Hall–Kier alpha value is -2.07. The molecule has 0 saturated carbocycles. The molecule has 3 heterocycles. The van der Waals surface area contributed by atoms with Gasteiger partial charge in [0.15, 0.2) is 0 Å². The molecule has 0 aliphatic carbocycles. The minimum Gasteiger partial charge on any atom is -0.265 e. The first-order valence-corrected chi connectivity index (χ1v) is 7.02. The van der Waals surface area contributed by atoms with Crippen molar-refractivity contribution in [2.75, 3.05) is 0 Å². The van der Waals surface area contributed by atoms with Crippen LogP contribution in [-0.2, 0) is 0 Å². The fourth-order valence-corrected chi connectivity index (χ4v) is 2.88. The molecule has 3 aromatic rings. The Morgan fingerprint density at radius 3 is 2.00 bits per heavy atom. The van der Waals surface area contributed by atoms with Crippen LogP contribution < -0.4 is 0 Å². The first kappa shape index (κ1) is 12.9. The van der Waals surface area contributed by atoms with Gasteiger partial charge in [0.2, 0.25) is 0 Å². The number of pyridine rings is 3. The number of aromatic nitrogens is 3. The third-order valence-corrected chi connectivity index (χ3v) is 3.85. The number of hydrogen-bond acceptors (Lipinski definition) is 3. The zero-order valence-corrected chi connectivity index (χ0v) is 12.5. The lowest BCUT2D eigenvalue weighted by atomic mass is 9.96. The van der Waals surface area contributed by atoms with Crippen LogP contribution in [0.15, 0.2) is 59.9 Å². The highest BCUT2D eigenvalue weighted by Crippen LogP contribution is 2.35. The van der Waals surface area contributed by atoms with E-state index >= 15 is 0 Å². The van der Waals surface area contributed by atoms with Crippen molar-refractivity contribution in [3.8, 4) is 22.3 Å². The third-order valence-electron chi connectivity index (χ3n) is 3.25. The molecule has 0 aliphatic rings. The molecule has 0 spiro atoms. The molecule has 0 fully saturated rings. The van der Waals surface area contributed by atoms with Crippen LogP contribution in [0.25, 0.3) is 22.3 Å². The molecule has 0 unspecified atom stereocenters. The number of nitrogens with zero attached hydrogens (tertiary/aromatic N) is 3. The van der Waals surface area contributed by atoms with E-state index in [0.717, 1.165) is 26.9 Å². The minimum absolute atomic E-state index is 0.846. The van der Waals surface area contributed by atoms with Crippen LogP contribution in [0.2, 0.25) is 0 Å². The van der Waals surface area contributed by atoms with Crippen LogP contribution in [0, 0.1) is 6.92 Å². The maximum atomic E-state index is 4.47. The Morgan fingerprint density at radius 1 is 0.850 bits per heavy atom. The molecule has 0 aromatic carbocycles. The van der Waals surface area contributed by atoms with Crippen molar-refractivity contribution in [1.29, 1.82) is 0 Å². The first-order chi connectivity index (χ1) is 9.77. The summed E-state index contributed by atoms with van der Waals surface area (Å²) in [7, 11) is 0. The maximum Gasteiger partial charge on any atom is 0.114 e. The topological polar surface area (TPSA) is 38.7 Å². The molecule has 4 heteroatoms. The van der Waals surface area contributed by atoms with Gasteiger partial charge in [-0.3, -0.25) is 9.97 Å². The molecule has 0 amide bonds. The highest BCUT2D eigenvalue weighted by molar-refractivity contribution is 9.10. The monoisotopic (exact) mass is 325 g/mol. The lowest BCUT2D eigenvalue weighted by molar-refractivity contribution is 1.23. The maximum absolute atomic E-state index is 4.47. The summed E-state index contributed by atoms with van der Waals surface area (Å²) in [5.74, 6) is 0. The highest BCUT2D eigenvalue weighted by atomic mass is 79.9. The van der Waals surface area contributed by atoms with Gasteiger partial charge in [0.1, 0.15) is 4.60 Å². The molecule has 0 N–H and O–H groups in total. The number of hydrogen-bond donors (Lipinski definition) is 0. The highest BCUT2D eigenvalue weighted by Gasteiger charge is 2.12. The second-order valence-electron chi connectivity index (χ2n) is 4.43. The van der Waals surface area contributed by atoms with E-state index in [2.05, 4.69) is 37.8 Å². The molecule has 3 rings (SSSR count). The van der Waals surface area contributed by atoms with E-state index in [1.165, 1.54) is 5.56 Å². The summed E-state index contributed by atoms with van der Waals surface area (Å²) < 4.78 is 0.846. The average molecular weight is 326 g/mol. The van der Waals surface area contributed by atoms with Crippen LogP contribution in [-0.4, -0.2) is 15.0 Å². The third kappa shape index (κ3) is 2.34. The van der Waals surface area contributed by atoms with Gasteiger partial charge < -0.3 is 0 Å². The Balaban J connectivity index is 2.22. The average Bonchev–Trinajstić information content (AvgIpc) is 2.49. The van der Waals surface area contributed by atoms with E-state index in [0.29, 0.717) is 0 Å². The fourth-order valence-electron chi connectivity index (χ4n) is 2.25. The lowest BCUT2D eigenvalue weighted by Gasteiger charge is -2.13. The summed E-state index contributed by atoms with van der Waals surface area (Å²) in [4.78, 5) is 12.6. The van der Waals surface area contributed by atoms with E-state index in [1.807, 2.05) is 30.5 Å². The summed E-state index contributed by atoms with van der Waals surface area (Å²) in [5, 5.41) is 0. The normalized spacial score (nSPS) is 10.5. The molecule has 3 nitrogen and oxygen atoms in total. The van der Waals surface area contributed by atoms with Gasteiger partial charge in [0.05, 0.1) is 0 Å². The molecule has 20 heavy (non-hydrogen) atoms. The molecule has 0 saturated heterocycles. The van der Waals surface area contributed by atoms with Crippen LogP contribution in [0.5, 0.6) is 0 Å². The van der Waals surface area contributed by atoms with Crippen LogP contribution in [0.1, 0.15) is 5.56 Å².